The normalized spacial score (nSPS) is 11.4. The molecule has 2 aromatic rings. The van der Waals surface area contributed by atoms with Gasteiger partial charge >= 0.3 is 0 Å². The molecule has 1 aromatic heterocycles. The zero-order valence-electron chi connectivity index (χ0n) is 12.7. The highest BCUT2D eigenvalue weighted by molar-refractivity contribution is 7.94. The Morgan fingerprint density at radius 1 is 1.18 bits per heavy atom. The minimum absolute atomic E-state index is 0.0491. The number of amides is 1. The second-order valence-corrected chi connectivity index (χ2v) is 8.55. The molecule has 0 aliphatic rings. The number of hydrogen-bond donors (Lipinski definition) is 1. The molecule has 0 aliphatic heterocycles. The number of aryl methyl sites for hydroxylation is 2. The summed E-state index contributed by atoms with van der Waals surface area (Å²) in [5.41, 5.74) is 7.74. The Morgan fingerprint density at radius 2 is 1.77 bits per heavy atom. The summed E-state index contributed by atoms with van der Waals surface area (Å²) in [6.07, 6.45) is 0.0491. The molecule has 0 radical (unpaired) electrons. The van der Waals surface area contributed by atoms with E-state index in [1.165, 1.54) is 17.4 Å². The maximum absolute atomic E-state index is 12.7. The van der Waals surface area contributed by atoms with E-state index in [2.05, 4.69) is 0 Å². The number of benzene rings is 1. The first-order valence-corrected chi connectivity index (χ1v) is 8.90. The van der Waals surface area contributed by atoms with Gasteiger partial charge in [-0.05, 0) is 49.2 Å². The molecule has 5 nitrogen and oxygen atoms in total. The minimum Gasteiger partial charge on any atom is -0.369 e. The summed E-state index contributed by atoms with van der Waals surface area (Å²) in [5, 5.41) is 0. The van der Waals surface area contributed by atoms with Crippen molar-refractivity contribution in [3.05, 3.63) is 46.3 Å². The third-order valence-corrected chi connectivity index (χ3v) is 6.51. The maximum Gasteiger partial charge on any atom is 0.273 e. The Balaban J connectivity index is 2.36. The van der Waals surface area contributed by atoms with E-state index in [1.54, 1.807) is 6.07 Å². The fraction of sp³-hybridized carbons (Fsp3) is 0.267. The van der Waals surface area contributed by atoms with Gasteiger partial charge in [0.05, 0.1) is 12.1 Å². The lowest BCUT2D eigenvalue weighted by Crippen LogP contribution is -2.25. The Kier molecular flexibility index (Phi) is 4.58. The smallest absolute Gasteiger partial charge is 0.273 e. The number of anilines is 1. The highest BCUT2D eigenvalue weighted by Gasteiger charge is 2.23. The molecule has 0 spiro atoms. The molecule has 2 rings (SSSR count). The SMILES string of the molecule is Cc1cc(C)cc(N(C)S(=O)(=O)c2ccc(CC(N)=O)s2)c1. The predicted octanol–water partition coefficient (Wildman–Crippen LogP) is 2.22. The van der Waals surface area contributed by atoms with Crippen molar-refractivity contribution in [1.29, 1.82) is 0 Å². The van der Waals surface area contributed by atoms with Crippen molar-refractivity contribution in [3.63, 3.8) is 0 Å². The van der Waals surface area contributed by atoms with Crippen LogP contribution in [-0.4, -0.2) is 21.4 Å². The Labute approximate surface area is 134 Å². The number of thiophene rings is 1. The summed E-state index contributed by atoms with van der Waals surface area (Å²) in [6.45, 7) is 3.85. The molecule has 0 atom stereocenters. The van der Waals surface area contributed by atoms with Gasteiger partial charge in [-0.25, -0.2) is 8.42 Å². The molecule has 0 saturated carbocycles. The predicted molar refractivity (Wildman–Crippen MR) is 88.7 cm³/mol. The van der Waals surface area contributed by atoms with Crippen molar-refractivity contribution in [1.82, 2.24) is 0 Å². The number of sulfonamides is 1. The number of hydrogen-bond acceptors (Lipinski definition) is 4. The first-order chi connectivity index (χ1) is 10.2. The van der Waals surface area contributed by atoms with Crippen molar-refractivity contribution in [2.24, 2.45) is 5.73 Å². The lowest BCUT2D eigenvalue weighted by atomic mass is 10.1. The molecule has 0 unspecified atom stereocenters. The molecule has 1 amide bonds. The van der Waals surface area contributed by atoms with Crippen LogP contribution in [0.5, 0.6) is 0 Å². The second-order valence-electron chi connectivity index (χ2n) is 5.18. The van der Waals surface area contributed by atoms with E-state index in [1.807, 2.05) is 32.0 Å². The van der Waals surface area contributed by atoms with Crippen molar-refractivity contribution < 1.29 is 13.2 Å². The molecule has 0 fully saturated rings. The fourth-order valence-electron chi connectivity index (χ4n) is 2.17. The molecule has 1 heterocycles. The van der Waals surface area contributed by atoms with Gasteiger partial charge in [0.1, 0.15) is 4.21 Å². The van der Waals surface area contributed by atoms with Gasteiger partial charge in [0.25, 0.3) is 10.0 Å². The van der Waals surface area contributed by atoms with Crippen molar-refractivity contribution in [2.45, 2.75) is 24.5 Å². The van der Waals surface area contributed by atoms with E-state index in [-0.39, 0.29) is 10.6 Å². The van der Waals surface area contributed by atoms with Crippen molar-refractivity contribution in [2.75, 3.05) is 11.4 Å². The third-order valence-electron chi connectivity index (χ3n) is 3.17. The van der Waals surface area contributed by atoms with Crippen LogP contribution in [-0.2, 0) is 21.2 Å². The highest BCUT2D eigenvalue weighted by Crippen LogP contribution is 2.28. The minimum atomic E-state index is -3.64. The highest BCUT2D eigenvalue weighted by atomic mass is 32.2. The Hall–Kier alpha value is -1.86. The molecule has 7 heteroatoms. The summed E-state index contributed by atoms with van der Waals surface area (Å²) < 4.78 is 26.8. The molecular weight excluding hydrogens is 320 g/mol. The second kappa shape index (κ2) is 6.10. The first-order valence-electron chi connectivity index (χ1n) is 6.64. The lowest BCUT2D eigenvalue weighted by Gasteiger charge is -2.19. The molecule has 1 aromatic carbocycles. The van der Waals surface area contributed by atoms with Gasteiger partial charge in [0.15, 0.2) is 0 Å². The van der Waals surface area contributed by atoms with Gasteiger partial charge in [0.2, 0.25) is 5.91 Å². The van der Waals surface area contributed by atoms with Crippen LogP contribution >= 0.6 is 11.3 Å². The number of carbonyl (C=O) groups excluding carboxylic acids is 1. The molecule has 0 bridgehead atoms. The first kappa shape index (κ1) is 16.5. The number of nitrogens with two attached hydrogens (primary N) is 1. The van der Waals surface area contributed by atoms with Crippen LogP contribution in [0.1, 0.15) is 16.0 Å². The van der Waals surface area contributed by atoms with Crippen molar-refractivity contribution >= 4 is 33.0 Å². The lowest BCUT2D eigenvalue weighted by molar-refractivity contribution is -0.117. The van der Waals surface area contributed by atoms with Gasteiger partial charge < -0.3 is 5.73 Å². The standard InChI is InChI=1S/C15H18N2O3S2/c1-10-6-11(2)8-12(7-10)17(3)22(19,20)15-5-4-13(21-15)9-14(16)18/h4-8H,9H2,1-3H3,(H2,16,18). The van der Waals surface area contributed by atoms with Crippen LogP contribution in [0, 0.1) is 13.8 Å². The van der Waals surface area contributed by atoms with Gasteiger partial charge in [-0.1, -0.05) is 6.07 Å². The van der Waals surface area contributed by atoms with Crippen LogP contribution in [0.2, 0.25) is 0 Å². The fourth-order valence-corrected chi connectivity index (χ4v) is 4.89. The van der Waals surface area contributed by atoms with Gasteiger partial charge in [-0.15, -0.1) is 11.3 Å². The number of rotatable bonds is 5. The Morgan fingerprint density at radius 3 is 2.32 bits per heavy atom. The maximum atomic E-state index is 12.7. The molecular formula is C15H18N2O3S2. The molecule has 118 valence electrons. The summed E-state index contributed by atoms with van der Waals surface area (Å²) in [4.78, 5) is 11.6. The quantitative estimate of drug-likeness (QED) is 0.907. The molecule has 0 aliphatic carbocycles. The van der Waals surface area contributed by atoms with Crippen molar-refractivity contribution in [3.8, 4) is 0 Å². The van der Waals surface area contributed by atoms with Crippen LogP contribution in [0.4, 0.5) is 5.69 Å². The van der Waals surface area contributed by atoms with Crippen LogP contribution in [0.3, 0.4) is 0 Å². The summed E-state index contributed by atoms with van der Waals surface area (Å²) >= 11 is 1.07. The summed E-state index contributed by atoms with van der Waals surface area (Å²) in [7, 11) is -2.12. The summed E-state index contributed by atoms with van der Waals surface area (Å²) in [5.74, 6) is -0.478. The largest absolute Gasteiger partial charge is 0.369 e. The molecule has 2 N–H and O–H groups in total. The zero-order chi connectivity index (χ0) is 16.5. The van der Waals surface area contributed by atoms with E-state index in [4.69, 9.17) is 5.73 Å². The van der Waals surface area contributed by atoms with Crippen LogP contribution in [0.25, 0.3) is 0 Å². The average molecular weight is 338 g/mol. The number of nitrogens with zero attached hydrogens (tertiary/aromatic N) is 1. The van der Waals surface area contributed by atoms with Gasteiger partial charge in [-0.2, -0.15) is 0 Å². The van der Waals surface area contributed by atoms with E-state index in [0.717, 1.165) is 22.5 Å². The van der Waals surface area contributed by atoms with E-state index < -0.39 is 15.9 Å². The zero-order valence-corrected chi connectivity index (χ0v) is 14.3. The number of carbonyl (C=O) groups is 1. The number of primary amides is 1. The Bertz CT molecular complexity index is 790. The van der Waals surface area contributed by atoms with E-state index in [0.29, 0.717) is 10.6 Å². The van der Waals surface area contributed by atoms with Gasteiger partial charge in [-0.3, -0.25) is 9.10 Å². The third kappa shape index (κ3) is 3.48. The van der Waals surface area contributed by atoms with Crippen LogP contribution < -0.4 is 10.0 Å². The van der Waals surface area contributed by atoms with E-state index >= 15 is 0 Å². The topological polar surface area (TPSA) is 80.5 Å². The summed E-state index contributed by atoms with van der Waals surface area (Å²) in [6, 6.07) is 8.76. The van der Waals surface area contributed by atoms with E-state index in [9.17, 15) is 13.2 Å². The monoisotopic (exact) mass is 338 g/mol. The average Bonchev–Trinajstić information content (AvgIpc) is 2.85. The van der Waals surface area contributed by atoms with Gasteiger partial charge in [0, 0.05) is 11.9 Å². The van der Waals surface area contributed by atoms with Crippen LogP contribution in [0.15, 0.2) is 34.5 Å². The molecule has 22 heavy (non-hydrogen) atoms. The molecule has 0 saturated heterocycles.